The van der Waals surface area contributed by atoms with E-state index in [0.717, 1.165) is 12.3 Å². The van der Waals surface area contributed by atoms with Crippen LogP contribution >= 0.6 is 0 Å². The molecule has 0 aromatic heterocycles. The van der Waals surface area contributed by atoms with E-state index in [2.05, 4.69) is 5.32 Å². The lowest BCUT2D eigenvalue weighted by Gasteiger charge is -2.20. The summed E-state index contributed by atoms with van der Waals surface area (Å²) in [6.45, 7) is 0.406. The second-order valence-corrected chi connectivity index (χ2v) is 7.03. The minimum atomic E-state index is -3.40. The van der Waals surface area contributed by atoms with Gasteiger partial charge in [0.1, 0.15) is 0 Å². The summed E-state index contributed by atoms with van der Waals surface area (Å²) < 4.78 is 21.4. The molecule has 2 bridgehead atoms. The van der Waals surface area contributed by atoms with E-state index in [4.69, 9.17) is 5.14 Å². The Balaban J connectivity index is 1.68. The molecule has 3 atom stereocenters. The van der Waals surface area contributed by atoms with Gasteiger partial charge in [0, 0.05) is 12.5 Å². The van der Waals surface area contributed by atoms with Crippen molar-refractivity contribution >= 4 is 15.9 Å². The Morgan fingerprint density at radius 2 is 2.06 bits per heavy atom. The number of carbonyl (C=O) groups excluding carboxylic acids is 1. The Hall–Kier alpha value is -0.620. The van der Waals surface area contributed by atoms with E-state index >= 15 is 0 Å². The third kappa shape index (κ3) is 3.42. The number of nitrogens with two attached hydrogens (primary N) is 1. The SMILES string of the molecule is NS(=O)(=O)CCCNC(=O)C1CC2CCC1C2. The van der Waals surface area contributed by atoms with Gasteiger partial charge in [-0.15, -0.1) is 0 Å². The van der Waals surface area contributed by atoms with E-state index in [1.54, 1.807) is 0 Å². The molecule has 3 N–H and O–H groups in total. The highest BCUT2D eigenvalue weighted by Gasteiger charge is 2.42. The van der Waals surface area contributed by atoms with Gasteiger partial charge >= 0.3 is 0 Å². The first-order valence-corrected chi connectivity index (χ1v) is 7.95. The number of primary sulfonamides is 1. The van der Waals surface area contributed by atoms with Gasteiger partial charge in [0.05, 0.1) is 5.75 Å². The molecule has 0 aliphatic heterocycles. The van der Waals surface area contributed by atoms with Crippen LogP contribution in [0, 0.1) is 17.8 Å². The van der Waals surface area contributed by atoms with Crippen LogP contribution in [0.3, 0.4) is 0 Å². The lowest BCUT2D eigenvalue weighted by molar-refractivity contribution is -0.126. The van der Waals surface area contributed by atoms with Gasteiger partial charge in [0.15, 0.2) is 0 Å². The zero-order chi connectivity index (χ0) is 12.5. The number of hydrogen-bond donors (Lipinski definition) is 2. The van der Waals surface area contributed by atoms with Crippen molar-refractivity contribution in [3.8, 4) is 0 Å². The zero-order valence-electron chi connectivity index (χ0n) is 9.89. The fourth-order valence-corrected chi connectivity index (χ4v) is 3.73. The second-order valence-electron chi connectivity index (χ2n) is 5.29. The zero-order valence-corrected chi connectivity index (χ0v) is 10.7. The van der Waals surface area contributed by atoms with Gasteiger partial charge in [0.2, 0.25) is 15.9 Å². The fourth-order valence-electron chi connectivity index (χ4n) is 3.18. The second kappa shape index (κ2) is 4.94. The van der Waals surface area contributed by atoms with Crippen LogP contribution in [0.4, 0.5) is 0 Å². The molecule has 3 unspecified atom stereocenters. The summed E-state index contributed by atoms with van der Waals surface area (Å²) in [6, 6.07) is 0. The number of sulfonamides is 1. The number of fused-ring (bicyclic) bond motifs is 2. The van der Waals surface area contributed by atoms with E-state index in [0.29, 0.717) is 18.9 Å². The topological polar surface area (TPSA) is 89.3 Å². The molecule has 0 spiro atoms. The average molecular weight is 260 g/mol. The van der Waals surface area contributed by atoms with Crippen molar-refractivity contribution in [1.82, 2.24) is 5.32 Å². The monoisotopic (exact) mass is 260 g/mol. The highest BCUT2D eigenvalue weighted by molar-refractivity contribution is 7.89. The Morgan fingerprint density at radius 3 is 2.59 bits per heavy atom. The summed E-state index contributed by atoms with van der Waals surface area (Å²) in [5.74, 6) is 1.53. The molecule has 2 saturated carbocycles. The molecule has 5 nitrogen and oxygen atoms in total. The average Bonchev–Trinajstić information content (AvgIpc) is 2.84. The molecule has 0 saturated heterocycles. The van der Waals surface area contributed by atoms with Gasteiger partial charge in [-0.1, -0.05) is 6.42 Å². The van der Waals surface area contributed by atoms with E-state index in [1.807, 2.05) is 0 Å². The minimum Gasteiger partial charge on any atom is -0.356 e. The summed E-state index contributed by atoms with van der Waals surface area (Å²) >= 11 is 0. The molecular formula is C11H20N2O3S. The van der Waals surface area contributed by atoms with Crippen LogP contribution in [-0.2, 0) is 14.8 Å². The smallest absolute Gasteiger partial charge is 0.223 e. The molecule has 2 rings (SSSR count). The molecule has 2 aliphatic rings. The maximum absolute atomic E-state index is 11.9. The molecule has 1 amide bonds. The van der Waals surface area contributed by atoms with E-state index in [1.165, 1.54) is 19.3 Å². The fraction of sp³-hybridized carbons (Fsp3) is 0.909. The Morgan fingerprint density at radius 1 is 1.29 bits per heavy atom. The number of hydrogen-bond acceptors (Lipinski definition) is 3. The molecular weight excluding hydrogens is 240 g/mol. The Bertz CT molecular complexity index is 394. The van der Waals surface area contributed by atoms with Gasteiger partial charge in [-0.05, 0) is 37.5 Å². The summed E-state index contributed by atoms with van der Waals surface area (Å²) in [5.41, 5.74) is 0. The van der Waals surface area contributed by atoms with Crippen molar-refractivity contribution in [1.29, 1.82) is 0 Å². The summed E-state index contributed by atoms with van der Waals surface area (Å²) in [6.07, 6.45) is 5.08. The Labute approximate surface area is 102 Å². The molecule has 0 aromatic carbocycles. The van der Waals surface area contributed by atoms with Crippen molar-refractivity contribution in [3.05, 3.63) is 0 Å². The minimum absolute atomic E-state index is 0.0655. The Kier molecular flexibility index (Phi) is 3.73. The van der Waals surface area contributed by atoms with Crippen LogP contribution in [0.25, 0.3) is 0 Å². The van der Waals surface area contributed by atoms with E-state index < -0.39 is 10.0 Å². The maximum atomic E-state index is 11.9. The van der Waals surface area contributed by atoms with Crippen LogP contribution in [-0.4, -0.2) is 26.6 Å². The van der Waals surface area contributed by atoms with E-state index in [9.17, 15) is 13.2 Å². The summed E-state index contributed by atoms with van der Waals surface area (Å²) in [5, 5.41) is 7.71. The lowest BCUT2D eigenvalue weighted by Crippen LogP contribution is -2.35. The van der Waals surface area contributed by atoms with Crippen LogP contribution in [0.5, 0.6) is 0 Å². The van der Waals surface area contributed by atoms with Crippen molar-refractivity contribution in [3.63, 3.8) is 0 Å². The third-order valence-corrected chi connectivity index (χ3v) is 4.84. The van der Waals surface area contributed by atoms with Crippen molar-refractivity contribution in [2.24, 2.45) is 22.9 Å². The lowest BCUT2D eigenvalue weighted by atomic mass is 9.88. The van der Waals surface area contributed by atoms with Crippen LogP contribution in [0.1, 0.15) is 32.1 Å². The first kappa shape index (κ1) is 12.8. The van der Waals surface area contributed by atoms with Gasteiger partial charge in [-0.2, -0.15) is 0 Å². The molecule has 6 heteroatoms. The molecule has 17 heavy (non-hydrogen) atoms. The molecule has 0 heterocycles. The van der Waals surface area contributed by atoms with Crippen molar-refractivity contribution in [2.75, 3.05) is 12.3 Å². The molecule has 0 radical (unpaired) electrons. The molecule has 2 aliphatic carbocycles. The van der Waals surface area contributed by atoms with E-state index in [-0.39, 0.29) is 17.6 Å². The maximum Gasteiger partial charge on any atom is 0.223 e. The summed E-state index contributed by atoms with van der Waals surface area (Å²) in [7, 11) is -3.40. The number of carbonyl (C=O) groups is 1. The number of amides is 1. The standard InChI is InChI=1S/C11H20N2O3S/c12-17(15,16)5-1-4-13-11(14)10-7-8-2-3-9(10)6-8/h8-10H,1-7H2,(H,13,14)(H2,12,15,16). The third-order valence-electron chi connectivity index (χ3n) is 3.98. The normalized spacial score (nSPS) is 31.7. The highest BCUT2D eigenvalue weighted by Crippen LogP contribution is 2.48. The quantitative estimate of drug-likeness (QED) is 0.693. The predicted molar refractivity (Wildman–Crippen MR) is 64.5 cm³/mol. The molecule has 0 aromatic rings. The molecule has 2 fully saturated rings. The van der Waals surface area contributed by atoms with Gasteiger partial charge in [0.25, 0.3) is 0 Å². The first-order chi connectivity index (χ1) is 7.96. The van der Waals surface area contributed by atoms with Crippen molar-refractivity contribution in [2.45, 2.75) is 32.1 Å². The highest BCUT2D eigenvalue weighted by atomic mass is 32.2. The largest absolute Gasteiger partial charge is 0.356 e. The van der Waals surface area contributed by atoms with Gasteiger partial charge in [-0.3, -0.25) is 4.79 Å². The number of nitrogens with one attached hydrogen (secondary N) is 1. The van der Waals surface area contributed by atoms with Crippen LogP contribution < -0.4 is 10.5 Å². The number of rotatable bonds is 5. The van der Waals surface area contributed by atoms with Crippen LogP contribution in [0.2, 0.25) is 0 Å². The van der Waals surface area contributed by atoms with Crippen molar-refractivity contribution < 1.29 is 13.2 Å². The van der Waals surface area contributed by atoms with Gasteiger partial charge in [-0.25, -0.2) is 13.6 Å². The molecule has 98 valence electrons. The predicted octanol–water partition coefficient (Wildman–Crippen LogP) is 0.217. The van der Waals surface area contributed by atoms with Crippen LogP contribution in [0.15, 0.2) is 0 Å². The first-order valence-electron chi connectivity index (χ1n) is 6.24. The summed E-state index contributed by atoms with van der Waals surface area (Å²) in [4.78, 5) is 11.9. The van der Waals surface area contributed by atoms with Gasteiger partial charge < -0.3 is 5.32 Å².